The van der Waals surface area contributed by atoms with Crippen molar-refractivity contribution in [3.63, 3.8) is 0 Å². The summed E-state index contributed by atoms with van der Waals surface area (Å²) < 4.78 is 20.4. The fourth-order valence-corrected chi connectivity index (χ4v) is 4.59. The van der Waals surface area contributed by atoms with Crippen LogP contribution in [-0.4, -0.2) is 17.2 Å². The van der Waals surface area contributed by atoms with E-state index in [9.17, 15) is 4.55 Å². The highest BCUT2D eigenvalue weighted by molar-refractivity contribution is 7.91. The zero-order chi connectivity index (χ0) is 17.4. The normalized spacial score (nSPS) is 17.0. The lowest BCUT2D eigenvalue weighted by molar-refractivity contribution is -0.678. The predicted molar refractivity (Wildman–Crippen MR) is 97.7 cm³/mol. The molecule has 24 heavy (non-hydrogen) atoms. The highest BCUT2D eigenvalue weighted by Gasteiger charge is 2.33. The number of ether oxygens (including phenoxy) is 1. The van der Waals surface area contributed by atoms with Crippen LogP contribution in [0.15, 0.2) is 24.4 Å². The van der Waals surface area contributed by atoms with Gasteiger partial charge in [0.05, 0.1) is 29.6 Å². The van der Waals surface area contributed by atoms with E-state index in [1.807, 2.05) is 50.7 Å². The van der Waals surface area contributed by atoms with Gasteiger partial charge in [0, 0.05) is 11.2 Å². The lowest BCUT2D eigenvalue weighted by Gasteiger charge is -2.19. The van der Waals surface area contributed by atoms with E-state index in [-0.39, 0.29) is 5.50 Å². The fourth-order valence-electron chi connectivity index (χ4n) is 3.21. The summed E-state index contributed by atoms with van der Waals surface area (Å²) in [5.74, 6) is 1.32. The van der Waals surface area contributed by atoms with Crippen LogP contribution < -0.4 is 19.9 Å². The molecule has 128 valence electrons. The number of aromatic nitrogens is 1. The predicted octanol–water partition coefficient (Wildman–Crippen LogP) is 2.51. The molecule has 0 aliphatic carbocycles. The molecule has 6 heteroatoms. The van der Waals surface area contributed by atoms with Crippen molar-refractivity contribution >= 4 is 22.6 Å². The zero-order valence-electron chi connectivity index (χ0n) is 14.8. The Kier molecular flexibility index (Phi) is 4.60. The minimum Gasteiger partial charge on any atom is -0.613 e. The molecule has 0 bridgehead atoms. The van der Waals surface area contributed by atoms with Crippen molar-refractivity contribution in [1.29, 1.82) is 0 Å². The van der Waals surface area contributed by atoms with Crippen molar-refractivity contribution in [3.8, 4) is 5.75 Å². The number of rotatable bonds is 4. The second-order valence-corrected chi connectivity index (χ2v) is 7.79. The SMILES string of the molecule is COc1c(C)c[n+](C)c(C[S+]([O-])C2Nc3ccc(C)cc3N2)c1C. The van der Waals surface area contributed by atoms with Gasteiger partial charge in [-0.2, -0.15) is 0 Å². The third-order valence-corrected chi connectivity index (χ3v) is 5.76. The molecule has 1 aliphatic heterocycles. The molecule has 2 N–H and O–H groups in total. The van der Waals surface area contributed by atoms with Gasteiger partial charge < -0.3 is 19.9 Å². The van der Waals surface area contributed by atoms with Crippen molar-refractivity contribution in [3.05, 3.63) is 46.8 Å². The Bertz CT molecular complexity index is 779. The van der Waals surface area contributed by atoms with Gasteiger partial charge in [0.1, 0.15) is 12.8 Å². The summed E-state index contributed by atoms with van der Waals surface area (Å²) in [5.41, 5.74) is 6.05. The summed E-state index contributed by atoms with van der Waals surface area (Å²) in [4.78, 5) is 0. The molecule has 1 aliphatic rings. The van der Waals surface area contributed by atoms with E-state index < -0.39 is 11.2 Å². The van der Waals surface area contributed by atoms with Crippen LogP contribution in [-0.2, 0) is 24.0 Å². The van der Waals surface area contributed by atoms with Gasteiger partial charge in [0.2, 0.25) is 5.69 Å². The summed E-state index contributed by atoms with van der Waals surface area (Å²) in [5, 5.41) is 6.63. The lowest BCUT2D eigenvalue weighted by atomic mass is 10.1. The highest BCUT2D eigenvalue weighted by atomic mass is 32.2. The van der Waals surface area contributed by atoms with E-state index in [1.165, 1.54) is 5.56 Å². The van der Waals surface area contributed by atoms with Gasteiger partial charge in [-0.05, 0) is 38.5 Å². The molecule has 0 amide bonds. The third-order valence-electron chi connectivity index (χ3n) is 4.44. The number of hydrogen-bond acceptors (Lipinski definition) is 4. The van der Waals surface area contributed by atoms with E-state index in [4.69, 9.17) is 4.74 Å². The number of aryl methyl sites for hydroxylation is 3. The average molecular weight is 346 g/mol. The molecular formula is C18H24N3O2S+. The number of nitrogens with zero attached hydrogens (tertiary/aromatic N) is 1. The van der Waals surface area contributed by atoms with Crippen molar-refractivity contribution in [2.75, 3.05) is 17.7 Å². The van der Waals surface area contributed by atoms with Crippen molar-refractivity contribution in [1.82, 2.24) is 0 Å². The first-order chi connectivity index (χ1) is 11.4. The van der Waals surface area contributed by atoms with E-state index in [2.05, 4.69) is 16.7 Å². The second kappa shape index (κ2) is 6.53. The molecule has 3 rings (SSSR count). The Hall–Kier alpha value is -1.92. The van der Waals surface area contributed by atoms with Crippen LogP contribution in [0, 0.1) is 20.8 Å². The van der Waals surface area contributed by atoms with Crippen LogP contribution in [0.5, 0.6) is 5.75 Å². The quantitative estimate of drug-likeness (QED) is 0.660. The molecule has 2 heterocycles. The maximum absolute atomic E-state index is 12.9. The first-order valence-corrected chi connectivity index (χ1v) is 9.32. The summed E-state index contributed by atoms with van der Waals surface area (Å²) >= 11 is -1.12. The van der Waals surface area contributed by atoms with Gasteiger partial charge in [0.15, 0.2) is 11.9 Å². The smallest absolute Gasteiger partial charge is 0.263 e. The van der Waals surface area contributed by atoms with Gasteiger partial charge in [-0.15, -0.1) is 0 Å². The Morgan fingerprint density at radius 3 is 2.62 bits per heavy atom. The largest absolute Gasteiger partial charge is 0.613 e. The summed E-state index contributed by atoms with van der Waals surface area (Å²) in [6, 6.07) is 6.14. The van der Waals surface area contributed by atoms with Crippen molar-refractivity contribution < 1.29 is 13.9 Å². The second-order valence-electron chi connectivity index (χ2n) is 6.27. The van der Waals surface area contributed by atoms with Gasteiger partial charge in [-0.1, -0.05) is 6.07 Å². The van der Waals surface area contributed by atoms with Crippen LogP contribution in [0.1, 0.15) is 22.4 Å². The van der Waals surface area contributed by atoms with E-state index in [0.29, 0.717) is 5.75 Å². The number of nitrogens with one attached hydrogen (secondary N) is 2. The number of methoxy groups -OCH3 is 1. The summed E-state index contributed by atoms with van der Waals surface area (Å²) in [6.45, 7) is 6.09. The van der Waals surface area contributed by atoms with Crippen LogP contribution in [0.25, 0.3) is 0 Å². The number of fused-ring (bicyclic) bond motifs is 1. The van der Waals surface area contributed by atoms with E-state index >= 15 is 0 Å². The molecule has 0 fully saturated rings. The third kappa shape index (κ3) is 3.03. The molecular weight excluding hydrogens is 322 g/mol. The highest BCUT2D eigenvalue weighted by Crippen LogP contribution is 2.32. The molecule has 0 saturated heterocycles. The molecule has 0 spiro atoms. The first kappa shape index (κ1) is 16.9. The monoisotopic (exact) mass is 346 g/mol. The van der Waals surface area contributed by atoms with Gasteiger partial charge in [-0.3, -0.25) is 0 Å². The summed E-state index contributed by atoms with van der Waals surface area (Å²) in [6.07, 6.45) is 2.02. The molecule has 2 aromatic rings. The summed E-state index contributed by atoms with van der Waals surface area (Å²) in [7, 11) is 3.66. The van der Waals surface area contributed by atoms with Gasteiger partial charge in [0.25, 0.3) is 5.50 Å². The Morgan fingerprint density at radius 1 is 1.21 bits per heavy atom. The Morgan fingerprint density at radius 2 is 1.92 bits per heavy atom. The van der Waals surface area contributed by atoms with E-state index in [0.717, 1.165) is 33.9 Å². The van der Waals surface area contributed by atoms with Crippen LogP contribution in [0.2, 0.25) is 0 Å². The fraction of sp³-hybridized carbons (Fsp3) is 0.389. The maximum atomic E-state index is 12.9. The topological polar surface area (TPSA) is 60.2 Å². The van der Waals surface area contributed by atoms with Crippen LogP contribution in [0.3, 0.4) is 0 Å². The zero-order valence-corrected chi connectivity index (χ0v) is 15.6. The average Bonchev–Trinajstić information content (AvgIpc) is 2.94. The minimum absolute atomic E-state index is 0.284. The molecule has 1 aromatic carbocycles. The van der Waals surface area contributed by atoms with E-state index in [1.54, 1.807) is 7.11 Å². The number of hydrogen-bond donors (Lipinski definition) is 2. The molecule has 0 saturated carbocycles. The Balaban J connectivity index is 1.80. The lowest BCUT2D eigenvalue weighted by Crippen LogP contribution is -2.40. The van der Waals surface area contributed by atoms with Crippen LogP contribution >= 0.6 is 0 Å². The van der Waals surface area contributed by atoms with Gasteiger partial charge >= 0.3 is 0 Å². The number of benzene rings is 1. The molecule has 1 aromatic heterocycles. The Labute approximate surface area is 146 Å². The standard InChI is InChI=1S/C18H24N3O2S/c1-11-6-7-14-15(8-11)20-18(19-14)24(22)10-16-13(3)17(23-5)12(2)9-21(16)4/h6-9,18-20H,10H2,1-5H3/q+1. The molecule has 0 radical (unpaired) electrons. The van der Waals surface area contributed by atoms with Crippen LogP contribution in [0.4, 0.5) is 11.4 Å². The number of pyridine rings is 1. The number of anilines is 2. The van der Waals surface area contributed by atoms with Gasteiger partial charge in [-0.25, -0.2) is 4.57 Å². The molecule has 2 atom stereocenters. The van der Waals surface area contributed by atoms with Crippen molar-refractivity contribution in [2.45, 2.75) is 32.0 Å². The first-order valence-electron chi connectivity index (χ1n) is 7.94. The maximum Gasteiger partial charge on any atom is 0.263 e. The van der Waals surface area contributed by atoms with Crippen molar-refractivity contribution in [2.24, 2.45) is 7.05 Å². The molecule has 2 unspecified atom stereocenters. The molecule has 5 nitrogen and oxygen atoms in total. The minimum atomic E-state index is -1.12.